The Labute approximate surface area is 127 Å². The van der Waals surface area contributed by atoms with Gasteiger partial charge in [-0.05, 0) is 6.42 Å². The molecule has 1 rings (SSSR count). The van der Waals surface area contributed by atoms with E-state index in [0.717, 1.165) is 17.6 Å². The van der Waals surface area contributed by atoms with Crippen LogP contribution < -0.4 is 10.0 Å². The van der Waals surface area contributed by atoms with Crippen LogP contribution in [0.5, 0.6) is 0 Å². The van der Waals surface area contributed by atoms with Crippen molar-refractivity contribution in [2.24, 2.45) is 0 Å². The van der Waals surface area contributed by atoms with Crippen LogP contribution in [0.15, 0.2) is 5.38 Å². The zero-order chi connectivity index (χ0) is 15.9. The summed E-state index contributed by atoms with van der Waals surface area (Å²) in [6.45, 7) is 0.560. The highest BCUT2D eigenvalue weighted by molar-refractivity contribution is 7.92. The third kappa shape index (κ3) is 7.95. The Kier molecular flexibility index (Phi) is 7.02. The number of amides is 1. The second-order valence-electron chi connectivity index (χ2n) is 4.44. The van der Waals surface area contributed by atoms with Crippen LogP contribution in [0.2, 0.25) is 0 Å². The number of nitrogens with one attached hydrogen (secondary N) is 2. The maximum Gasteiger partial charge on any atom is 0.231 e. The summed E-state index contributed by atoms with van der Waals surface area (Å²) in [7, 11) is -1.87. The van der Waals surface area contributed by atoms with Crippen molar-refractivity contribution in [1.29, 1.82) is 0 Å². The number of sulfonamides is 1. The van der Waals surface area contributed by atoms with Gasteiger partial charge in [0.15, 0.2) is 5.13 Å². The zero-order valence-corrected chi connectivity index (χ0v) is 13.5. The second-order valence-corrected chi connectivity index (χ2v) is 7.05. The van der Waals surface area contributed by atoms with Crippen LogP contribution in [-0.4, -0.2) is 57.0 Å². The summed E-state index contributed by atoms with van der Waals surface area (Å²) in [5.41, 5.74) is 0.487. The smallest absolute Gasteiger partial charge is 0.231 e. The Balaban J connectivity index is 2.35. The maximum absolute atomic E-state index is 11.6. The molecule has 0 aliphatic carbocycles. The van der Waals surface area contributed by atoms with Crippen molar-refractivity contribution in [1.82, 2.24) is 10.3 Å². The zero-order valence-electron chi connectivity index (χ0n) is 11.8. The van der Waals surface area contributed by atoms with Crippen molar-refractivity contribution in [3.8, 4) is 0 Å². The lowest BCUT2D eigenvalue weighted by Gasteiger charge is -2.09. The van der Waals surface area contributed by atoms with E-state index >= 15 is 0 Å². The molecule has 0 aliphatic rings. The van der Waals surface area contributed by atoms with E-state index in [1.807, 2.05) is 0 Å². The molecule has 120 valence electrons. The highest BCUT2D eigenvalue weighted by Gasteiger charge is 2.10. The van der Waals surface area contributed by atoms with E-state index in [1.165, 1.54) is 7.11 Å². The SMILES string of the molecule is COCC(O)CCNC(=O)Cc1csc(NS(C)(=O)=O)n1. The van der Waals surface area contributed by atoms with Gasteiger partial charge in [-0.25, -0.2) is 13.4 Å². The first-order chi connectivity index (χ1) is 9.80. The van der Waals surface area contributed by atoms with Gasteiger partial charge in [-0.2, -0.15) is 0 Å². The van der Waals surface area contributed by atoms with Gasteiger partial charge in [-0.1, -0.05) is 0 Å². The molecule has 21 heavy (non-hydrogen) atoms. The number of aromatic nitrogens is 1. The minimum absolute atomic E-state index is 0.0579. The first-order valence-electron chi connectivity index (χ1n) is 6.16. The summed E-state index contributed by atoms with van der Waals surface area (Å²) in [6, 6.07) is 0. The van der Waals surface area contributed by atoms with Gasteiger partial charge in [-0.15, -0.1) is 11.3 Å². The lowest BCUT2D eigenvalue weighted by Crippen LogP contribution is -2.29. The van der Waals surface area contributed by atoms with Crippen molar-refractivity contribution in [2.45, 2.75) is 18.9 Å². The molecule has 0 aliphatic heterocycles. The largest absolute Gasteiger partial charge is 0.391 e. The number of hydrogen-bond donors (Lipinski definition) is 3. The fourth-order valence-corrected chi connectivity index (χ4v) is 3.04. The number of aliphatic hydroxyl groups excluding tert-OH is 1. The average Bonchev–Trinajstić information content (AvgIpc) is 2.74. The number of nitrogens with zero attached hydrogens (tertiary/aromatic N) is 1. The molecule has 8 nitrogen and oxygen atoms in total. The molecule has 0 aromatic carbocycles. The minimum atomic E-state index is -3.36. The van der Waals surface area contributed by atoms with Crippen LogP contribution in [0.1, 0.15) is 12.1 Å². The highest BCUT2D eigenvalue weighted by Crippen LogP contribution is 2.16. The quantitative estimate of drug-likeness (QED) is 0.563. The maximum atomic E-state index is 11.6. The fraction of sp³-hybridized carbons (Fsp3) is 0.636. The van der Waals surface area contributed by atoms with E-state index in [4.69, 9.17) is 4.74 Å². The van der Waals surface area contributed by atoms with Gasteiger partial charge in [-0.3, -0.25) is 9.52 Å². The van der Waals surface area contributed by atoms with Gasteiger partial charge >= 0.3 is 0 Å². The van der Waals surface area contributed by atoms with Crippen molar-refractivity contribution < 1.29 is 23.1 Å². The number of carbonyl (C=O) groups excluding carboxylic acids is 1. The van der Waals surface area contributed by atoms with Crippen molar-refractivity contribution in [3.05, 3.63) is 11.1 Å². The molecule has 0 spiro atoms. The number of thiazole rings is 1. The van der Waals surface area contributed by atoms with E-state index in [2.05, 4.69) is 15.0 Å². The molecule has 1 unspecified atom stereocenters. The molecule has 10 heteroatoms. The number of rotatable bonds is 9. The van der Waals surface area contributed by atoms with E-state index in [1.54, 1.807) is 5.38 Å². The number of hydrogen-bond acceptors (Lipinski definition) is 7. The summed E-state index contributed by atoms with van der Waals surface area (Å²) in [5.74, 6) is -0.240. The van der Waals surface area contributed by atoms with E-state index in [-0.39, 0.29) is 24.1 Å². The lowest BCUT2D eigenvalue weighted by atomic mass is 10.2. The van der Waals surface area contributed by atoms with Crippen LogP contribution >= 0.6 is 11.3 Å². The van der Waals surface area contributed by atoms with Crippen LogP contribution in [0.3, 0.4) is 0 Å². The molecule has 1 aromatic rings. The van der Waals surface area contributed by atoms with Gasteiger partial charge in [0.25, 0.3) is 0 Å². The molecule has 0 saturated heterocycles. The molecule has 1 aromatic heterocycles. The molecule has 3 N–H and O–H groups in total. The molecule has 0 saturated carbocycles. The van der Waals surface area contributed by atoms with E-state index in [9.17, 15) is 18.3 Å². The molecule has 0 fully saturated rings. The Bertz CT molecular complexity index is 558. The van der Waals surface area contributed by atoms with Gasteiger partial charge < -0.3 is 15.2 Å². The van der Waals surface area contributed by atoms with Crippen molar-refractivity contribution >= 4 is 32.4 Å². The molecular weight excluding hydrogens is 318 g/mol. The second kappa shape index (κ2) is 8.27. The molecule has 0 bridgehead atoms. The number of ether oxygens (including phenoxy) is 1. The fourth-order valence-electron chi connectivity index (χ4n) is 1.47. The average molecular weight is 337 g/mol. The number of carbonyl (C=O) groups is 1. The Morgan fingerprint density at radius 2 is 2.29 bits per heavy atom. The first kappa shape index (κ1) is 17.8. The van der Waals surface area contributed by atoms with Gasteiger partial charge in [0.1, 0.15) is 0 Å². The number of aliphatic hydroxyl groups is 1. The van der Waals surface area contributed by atoms with E-state index in [0.29, 0.717) is 18.7 Å². The Morgan fingerprint density at radius 1 is 1.57 bits per heavy atom. The summed E-state index contributed by atoms with van der Waals surface area (Å²) in [6.07, 6.45) is 0.881. The molecular formula is C11H19N3O5S2. The number of methoxy groups -OCH3 is 1. The van der Waals surface area contributed by atoms with Gasteiger partial charge in [0.05, 0.1) is 31.1 Å². The van der Waals surface area contributed by atoms with Crippen molar-refractivity contribution in [3.63, 3.8) is 0 Å². The van der Waals surface area contributed by atoms with Crippen LogP contribution in [0, 0.1) is 0 Å². The first-order valence-corrected chi connectivity index (χ1v) is 8.93. The molecule has 0 radical (unpaired) electrons. The molecule has 1 amide bonds. The third-order valence-electron chi connectivity index (χ3n) is 2.32. The predicted octanol–water partition coefficient (Wildman–Crippen LogP) is -0.429. The lowest BCUT2D eigenvalue weighted by molar-refractivity contribution is -0.120. The predicted molar refractivity (Wildman–Crippen MR) is 79.8 cm³/mol. The van der Waals surface area contributed by atoms with Crippen LogP contribution in [-0.2, 0) is 26.0 Å². The summed E-state index contributed by atoms with van der Waals surface area (Å²) in [4.78, 5) is 15.7. The van der Waals surface area contributed by atoms with E-state index < -0.39 is 16.1 Å². The summed E-state index contributed by atoms with van der Waals surface area (Å²) >= 11 is 1.12. The van der Waals surface area contributed by atoms with Crippen molar-refractivity contribution in [2.75, 3.05) is 31.2 Å². The third-order valence-corrected chi connectivity index (χ3v) is 3.82. The number of anilines is 1. The molecule has 1 atom stereocenters. The normalized spacial score (nSPS) is 12.9. The Hall–Kier alpha value is -1.23. The minimum Gasteiger partial charge on any atom is -0.391 e. The monoisotopic (exact) mass is 337 g/mol. The Morgan fingerprint density at radius 3 is 2.90 bits per heavy atom. The van der Waals surface area contributed by atoms with Crippen LogP contribution in [0.4, 0.5) is 5.13 Å². The van der Waals surface area contributed by atoms with Crippen LogP contribution in [0.25, 0.3) is 0 Å². The van der Waals surface area contributed by atoms with Gasteiger partial charge in [0.2, 0.25) is 15.9 Å². The molecule has 1 heterocycles. The summed E-state index contributed by atoms with van der Waals surface area (Å²) in [5, 5.41) is 13.9. The topological polar surface area (TPSA) is 118 Å². The standard InChI is InChI=1S/C11H19N3O5S2/c1-19-6-9(15)3-4-12-10(16)5-8-7-20-11(13-8)14-21(2,17)18/h7,9,15H,3-6H2,1-2H3,(H,12,16)(H,13,14). The summed E-state index contributed by atoms with van der Waals surface area (Å²) < 4.78 is 29.1. The highest BCUT2D eigenvalue weighted by atomic mass is 32.2. The van der Waals surface area contributed by atoms with Gasteiger partial charge in [0, 0.05) is 19.0 Å².